The summed E-state index contributed by atoms with van der Waals surface area (Å²) in [6.45, 7) is 8.19. The number of benzene rings is 2. The molecule has 2 aromatic carbocycles. The molecule has 0 spiro atoms. The number of amides is 1. The smallest absolute Gasteiger partial charge is 0.243 e. The maximum Gasteiger partial charge on any atom is 0.243 e. The number of aryl methyl sites for hydroxylation is 2. The highest BCUT2D eigenvalue weighted by Gasteiger charge is 2.34. The molecule has 4 rings (SSSR count). The van der Waals surface area contributed by atoms with Crippen LogP contribution in [0.5, 0.6) is 0 Å². The zero-order chi connectivity index (χ0) is 24.5. The molecule has 0 bridgehead atoms. The second kappa shape index (κ2) is 9.68. The van der Waals surface area contributed by atoms with Crippen LogP contribution in [0.25, 0.3) is 11.4 Å². The minimum absolute atomic E-state index is 0.142. The molecular weight excluding hydrogens is 452 g/mol. The van der Waals surface area contributed by atoms with Crippen molar-refractivity contribution >= 4 is 21.6 Å². The van der Waals surface area contributed by atoms with Crippen LogP contribution >= 0.6 is 0 Å². The molecule has 1 saturated heterocycles. The Morgan fingerprint density at radius 2 is 1.88 bits per heavy atom. The molecule has 9 heteroatoms. The van der Waals surface area contributed by atoms with Gasteiger partial charge in [-0.1, -0.05) is 43.3 Å². The van der Waals surface area contributed by atoms with E-state index in [4.69, 9.17) is 4.52 Å². The maximum absolute atomic E-state index is 13.6. The van der Waals surface area contributed by atoms with Crippen molar-refractivity contribution in [1.82, 2.24) is 14.4 Å². The molecule has 1 aliphatic rings. The van der Waals surface area contributed by atoms with Gasteiger partial charge in [0.25, 0.3) is 0 Å². The summed E-state index contributed by atoms with van der Waals surface area (Å²) >= 11 is 0. The molecule has 1 atom stereocenters. The summed E-state index contributed by atoms with van der Waals surface area (Å²) in [6, 6.07) is 12.9. The van der Waals surface area contributed by atoms with E-state index in [0.717, 1.165) is 0 Å². The largest absolute Gasteiger partial charge is 0.339 e. The third kappa shape index (κ3) is 5.05. The van der Waals surface area contributed by atoms with Crippen molar-refractivity contribution in [2.75, 3.05) is 18.4 Å². The van der Waals surface area contributed by atoms with Gasteiger partial charge in [0.15, 0.2) is 0 Å². The highest BCUT2D eigenvalue weighted by molar-refractivity contribution is 7.89. The molecule has 8 nitrogen and oxygen atoms in total. The van der Waals surface area contributed by atoms with Crippen molar-refractivity contribution in [1.29, 1.82) is 0 Å². The van der Waals surface area contributed by atoms with Crippen molar-refractivity contribution in [3.8, 4) is 11.4 Å². The first-order valence-corrected chi connectivity index (χ1v) is 12.9. The minimum Gasteiger partial charge on any atom is -0.339 e. The summed E-state index contributed by atoms with van der Waals surface area (Å²) in [6.07, 6.45) is 1.26. The highest BCUT2D eigenvalue weighted by Crippen LogP contribution is 2.29. The third-order valence-electron chi connectivity index (χ3n) is 6.19. The monoisotopic (exact) mass is 482 g/mol. The predicted molar refractivity (Wildman–Crippen MR) is 130 cm³/mol. The van der Waals surface area contributed by atoms with Crippen LogP contribution in [-0.2, 0) is 14.8 Å². The number of nitrogens with one attached hydrogen (secondary N) is 1. The maximum atomic E-state index is 13.6. The van der Waals surface area contributed by atoms with Gasteiger partial charge in [0.2, 0.25) is 27.6 Å². The molecule has 1 amide bonds. The van der Waals surface area contributed by atoms with Crippen LogP contribution in [0.4, 0.5) is 5.69 Å². The van der Waals surface area contributed by atoms with Crippen LogP contribution in [0.3, 0.4) is 0 Å². The van der Waals surface area contributed by atoms with Crippen LogP contribution < -0.4 is 5.32 Å². The molecule has 0 radical (unpaired) electrons. The van der Waals surface area contributed by atoms with Gasteiger partial charge in [0, 0.05) is 31.3 Å². The van der Waals surface area contributed by atoms with Gasteiger partial charge in [-0.2, -0.15) is 9.29 Å². The molecule has 1 N–H and O–H groups in total. The number of nitrogens with zero attached hydrogens (tertiary/aromatic N) is 3. The lowest BCUT2D eigenvalue weighted by molar-refractivity contribution is -0.120. The number of anilines is 1. The van der Waals surface area contributed by atoms with E-state index in [9.17, 15) is 13.2 Å². The van der Waals surface area contributed by atoms with Crippen molar-refractivity contribution in [2.45, 2.75) is 51.3 Å². The molecule has 1 aromatic heterocycles. The first kappa shape index (κ1) is 24.1. The van der Waals surface area contributed by atoms with Gasteiger partial charge >= 0.3 is 0 Å². The fourth-order valence-electron chi connectivity index (χ4n) is 4.14. The van der Waals surface area contributed by atoms with Crippen molar-refractivity contribution in [3.05, 3.63) is 59.5 Å². The average molecular weight is 483 g/mol. The lowest BCUT2D eigenvalue weighted by Crippen LogP contribution is -2.43. The molecule has 0 aliphatic carbocycles. The quantitative estimate of drug-likeness (QED) is 0.554. The van der Waals surface area contributed by atoms with Crippen LogP contribution in [0.15, 0.2) is 51.9 Å². The second-order valence-corrected chi connectivity index (χ2v) is 11.0. The van der Waals surface area contributed by atoms with Crippen molar-refractivity contribution < 1.29 is 17.7 Å². The number of hydrogen-bond donors (Lipinski definition) is 1. The standard InChI is InChI=1S/C25H30N4O4S/c1-16(2)19-9-11-22(12-10-19)27-25(30)21-6-5-13-29(15-21)34(31,32)23-14-20(8-7-17(23)3)24-26-18(4)33-28-24/h7-12,14,16,21H,5-6,13,15H2,1-4H3,(H,27,30)/t21-/m1/s1. The van der Waals surface area contributed by atoms with Gasteiger partial charge in [0.05, 0.1) is 10.8 Å². The second-order valence-electron chi connectivity index (χ2n) is 9.09. The summed E-state index contributed by atoms with van der Waals surface area (Å²) in [4.78, 5) is 17.3. The van der Waals surface area contributed by atoms with E-state index in [1.807, 2.05) is 24.3 Å². The highest BCUT2D eigenvalue weighted by atomic mass is 32.2. The van der Waals surface area contributed by atoms with Crippen LogP contribution in [0.1, 0.15) is 49.6 Å². The van der Waals surface area contributed by atoms with Crippen LogP contribution in [-0.4, -0.2) is 41.9 Å². The van der Waals surface area contributed by atoms with Crippen molar-refractivity contribution in [3.63, 3.8) is 0 Å². The molecule has 0 saturated carbocycles. The molecule has 2 heterocycles. The number of aromatic nitrogens is 2. The van der Waals surface area contributed by atoms with Crippen molar-refractivity contribution in [2.24, 2.45) is 5.92 Å². The first-order chi connectivity index (χ1) is 16.1. The van der Waals surface area contributed by atoms with E-state index in [1.54, 1.807) is 32.0 Å². The predicted octanol–water partition coefficient (Wildman–Crippen LogP) is 4.52. The third-order valence-corrected chi connectivity index (χ3v) is 8.20. The Labute approximate surface area is 200 Å². The zero-order valence-electron chi connectivity index (χ0n) is 19.9. The summed E-state index contributed by atoms with van der Waals surface area (Å²) in [5.74, 6) is 0.576. The molecule has 1 fully saturated rings. The SMILES string of the molecule is Cc1nc(-c2ccc(C)c(S(=O)(=O)N3CCC[C@@H](C(=O)Nc4ccc(C(C)C)cc4)C3)c2)no1. The Kier molecular flexibility index (Phi) is 6.86. The summed E-state index contributed by atoms with van der Waals surface area (Å²) in [5, 5.41) is 6.84. The van der Waals surface area contributed by atoms with Crippen LogP contribution in [0.2, 0.25) is 0 Å². The molecule has 3 aromatic rings. The lowest BCUT2D eigenvalue weighted by atomic mass is 9.98. The first-order valence-electron chi connectivity index (χ1n) is 11.5. The summed E-state index contributed by atoms with van der Waals surface area (Å²) in [7, 11) is -3.80. The van der Waals surface area contributed by atoms with E-state index in [1.165, 1.54) is 9.87 Å². The zero-order valence-corrected chi connectivity index (χ0v) is 20.7. The number of hydrogen-bond acceptors (Lipinski definition) is 6. The van der Waals surface area contributed by atoms with E-state index < -0.39 is 15.9 Å². The van der Waals surface area contributed by atoms with Gasteiger partial charge in [-0.05, 0) is 55.0 Å². The normalized spacial score (nSPS) is 17.1. The Bertz CT molecular complexity index is 1280. The van der Waals surface area contributed by atoms with E-state index in [-0.39, 0.29) is 17.3 Å². The number of sulfonamides is 1. The molecular formula is C25H30N4O4S. The molecule has 180 valence electrons. The number of carbonyl (C=O) groups excluding carboxylic acids is 1. The summed E-state index contributed by atoms with van der Waals surface area (Å²) < 4.78 is 33.6. The topological polar surface area (TPSA) is 105 Å². The number of carbonyl (C=O) groups is 1. The molecule has 0 unspecified atom stereocenters. The number of piperidine rings is 1. The number of rotatable bonds is 6. The van der Waals surface area contributed by atoms with Gasteiger partial charge in [-0.3, -0.25) is 4.79 Å². The Morgan fingerprint density at radius 1 is 1.15 bits per heavy atom. The molecule has 34 heavy (non-hydrogen) atoms. The fraction of sp³-hybridized carbons (Fsp3) is 0.400. The van der Waals surface area contributed by atoms with Gasteiger partial charge in [-0.25, -0.2) is 8.42 Å². The van der Waals surface area contributed by atoms with E-state index >= 15 is 0 Å². The van der Waals surface area contributed by atoms with Gasteiger partial charge in [-0.15, -0.1) is 0 Å². The minimum atomic E-state index is -3.80. The lowest BCUT2D eigenvalue weighted by Gasteiger charge is -2.31. The van der Waals surface area contributed by atoms with Crippen LogP contribution in [0, 0.1) is 19.8 Å². The van der Waals surface area contributed by atoms with E-state index in [2.05, 4.69) is 29.3 Å². The average Bonchev–Trinajstić information content (AvgIpc) is 3.26. The molecule has 1 aliphatic heterocycles. The van der Waals surface area contributed by atoms with Gasteiger partial charge < -0.3 is 9.84 Å². The Hall–Kier alpha value is -3.04. The Balaban J connectivity index is 1.51. The van der Waals surface area contributed by atoms with Gasteiger partial charge in [0.1, 0.15) is 0 Å². The Morgan fingerprint density at radius 3 is 2.53 bits per heavy atom. The summed E-state index contributed by atoms with van der Waals surface area (Å²) in [5.41, 5.74) is 3.10. The van der Waals surface area contributed by atoms with E-state index in [0.29, 0.717) is 53.8 Å². The fourth-order valence-corrected chi connectivity index (χ4v) is 5.92.